The van der Waals surface area contributed by atoms with Crippen LogP contribution in [0.4, 0.5) is 10.5 Å². The first-order valence-corrected chi connectivity index (χ1v) is 13.4. The number of hydrogen-bond donors (Lipinski definition) is 3. The minimum Gasteiger partial charge on any atom is -0.444 e. The van der Waals surface area contributed by atoms with Crippen molar-refractivity contribution < 1.29 is 23.9 Å². The summed E-state index contributed by atoms with van der Waals surface area (Å²) in [6, 6.07) is 12.7. The number of carbonyl (C=O) groups excluding carboxylic acids is 4. The number of benzene rings is 2. The van der Waals surface area contributed by atoms with Crippen molar-refractivity contribution in [2.24, 2.45) is 5.73 Å². The fraction of sp³-hybridized carbons (Fsp3) is 0.467. The molecule has 2 atom stereocenters. The summed E-state index contributed by atoms with van der Waals surface area (Å²) in [7, 11) is 0. The zero-order chi connectivity index (χ0) is 28.7. The van der Waals surface area contributed by atoms with Crippen LogP contribution >= 0.6 is 0 Å². The molecule has 39 heavy (non-hydrogen) atoms. The predicted octanol–water partition coefficient (Wildman–Crippen LogP) is 4.52. The van der Waals surface area contributed by atoms with Gasteiger partial charge in [-0.25, -0.2) is 4.79 Å². The van der Waals surface area contributed by atoms with Crippen molar-refractivity contribution in [3.8, 4) is 0 Å². The lowest BCUT2D eigenvalue weighted by molar-refractivity contribution is -0.146. The number of anilines is 1. The van der Waals surface area contributed by atoms with Crippen molar-refractivity contribution >= 4 is 29.5 Å². The molecule has 2 aromatic rings. The highest BCUT2D eigenvalue weighted by molar-refractivity contribution is 5.99. The van der Waals surface area contributed by atoms with E-state index < -0.39 is 35.6 Å². The van der Waals surface area contributed by atoms with Gasteiger partial charge < -0.3 is 26.0 Å². The Balaban J connectivity index is 2.03. The number of primary amides is 1. The summed E-state index contributed by atoms with van der Waals surface area (Å²) in [4.78, 5) is 54.1. The summed E-state index contributed by atoms with van der Waals surface area (Å²) < 4.78 is 5.39. The van der Waals surface area contributed by atoms with E-state index in [1.54, 1.807) is 25.7 Å². The van der Waals surface area contributed by atoms with Crippen molar-refractivity contribution in [2.75, 3.05) is 5.32 Å². The number of rotatable bonds is 10. The van der Waals surface area contributed by atoms with Crippen molar-refractivity contribution in [1.82, 2.24) is 10.2 Å². The van der Waals surface area contributed by atoms with Gasteiger partial charge in [0, 0.05) is 18.2 Å². The molecule has 2 unspecified atom stereocenters. The lowest BCUT2D eigenvalue weighted by Crippen LogP contribution is -2.57. The van der Waals surface area contributed by atoms with Crippen LogP contribution in [0.2, 0.25) is 0 Å². The quantitative estimate of drug-likeness (QED) is 0.411. The normalized spacial score (nSPS) is 14.9. The molecular formula is C30H40N4O5. The number of carbonyl (C=O) groups is 4. The summed E-state index contributed by atoms with van der Waals surface area (Å²) in [5, 5.41) is 5.64. The average molecular weight is 537 g/mol. The molecule has 4 amide bonds. The molecule has 0 bridgehead atoms. The average Bonchev–Trinajstić information content (AvgIpc) is 2.80. The van der Waals surface area contributed by atoms with Crippen LogP contribution in [0.15, 0.2) is 48.5 Å². The zero-order valence-electron chi connectivity index (χ0n) is 23.5. The van der Waals surface area contributed by atoms with E-state index in [0.29, 0.717) is 11.3 Å². The summed E-state index contributed by atoms with van der Waals surface area (Å²) in [6.45, 7) is 8.98. The van der Waals surface area contributed by atoms with E-state index in [0.717, 1.165) is 30.4 Å². The maximum absolute atomic E-state index is 14.2. The molecule has 1 aliphatic carbocycles. The highest BCUT2D eigenvalue weighted by Gasteiger charge is 2.42. The Labute approximate surface area is 230 Å². The zero-order valence-corrected chi connectivity index (χ0v) is 23.5. The number of ether oxygens (including phenoxy) is 1. The van der Waals surface area contributed by atoms with Gasteiger partial charge in [0.15, 0.2) is 0 Å². The molecule has 3 rings (SSSR count). The SMILES string of the molecule is Cc1cccc(C(C(=O)Nc2ccccc2C)N(C(=O)C(CCC(N)=O)NC(=O)OC(C)(C)C)C2CCC2)c1. The van der Waals surface area contributed by atoms with Gasteiger partial charge in [-0.3, -0.25) is 14.4 Å². The number of hydrogen-bond acceptors (Lipinski definition) is 5. The molecule has 0 saturated heterocycles. The second kappa shape index (κ2) is 12.8. The van der Waals surface area contributed by atoms with Gasteiger partial charge in [0.25, 0.3) is 5.91 Å². The minimum absolute atomic E-state index is 0.0173. The van der Waals surface area contributed by atoms with Gasteiger partial charge in [-0.2, -0.15) is 0 Å². The number of para-hydroxylation sites is 1. The Morgan fingerprint density at radius 2 is 1.74 bits per heavy atom. The number of aryl methyl sites for hydroxylation is 2. The molecule has 210 valence electrons. The molecule has 1 aliphatic rings. The van der Waals surface area contributed by atoms with Crippen LogP contribution in [0.1, 0.15) is 75.6 Å². The Kier molecular flexibility index (Phi) is 9.72. The van der Waals surface area contributed by atoms with Crippen LogP contribution in [0.25, 0.3) is 0 Å². The van der Waals surface area contributed by atoms with Gasteiger partial charge in [-0.1, -0.05) is 48.0 Å². The molecular weight excluding hydrogens is 496 g/mol. The van der Waals surface area contributed by atoms with E-state index in [-0.39, 0.29) is 24.8 Å². The van der Waals surface area contributed by atoms with Crippen LogP contribution in [-0.4, -0.2) is 46.4 Å². The van der Waals surface area contributed by atoms with E-state index in [1.165, 1.54) is 0 Å². The molecule has 4 N–H and O–H groups in total. The van der Waals surface area contributed by atoms with E-state index in [2.05, 4.69) is 10.6 Å². The first-order valence-electron chi connectivity index (χ1n) is 13.4. The fourth-order valence-electron chi connectivity index (χ4n) is 4.55. The number of nitrogens with one attached hydrogen (secondary N) is 2. The molecule has 1 saturated carbocycles. The van der Waals surface area contributed by atoms with Gasteiger partial charge in [0.1, 0.15) is 17.7 Å². The monoisotopic (exact) mass is 536 g/mol. The smallest absolute Gasteiger partial charge is 0.408 e. The van der Waals surface area contributed by atoms with Gasteiger partial charge >= 0.3 is 6.09 Å². The Morgan fingerprint density at radius 3 is 2.31 bits per heavy atom. The van der Waals surface area contributed by atoms with Crippen molar-refractivity contribution in [1.29, 1.82) is 0 Å². The highest BCUT2D eigenvalue weighted by atomic mass is 16.6. The fourth-order valence-corrected chi connectivity index (χ4v) is 4.55. The lowest BCUT2D eigenvalue weighted by Gasteiger charge is -2.43. The van der Waals surface area contributed by atoms with Crippen molar-refractivity contribution in [3.63, 3.8) is 0 Å². The maximum atomic E-state index is 14.2. The molecule has 0 spiro atoms. The van der Waals surface area contributed by atoms with Gasteiger partial charge in [-0.05, 0) is 77.5 Å². The molecule has 9 nitrogen and oxygen atoms in total. The Morgan fingerprint density at radius 1 is 1.05 bits per heavy atom. The van der Waals surface area contributed by atoms with Crippen LogP contribution in [-0.2, 0) is 19.1 Å². The van der Waals surface area contributed by atoms with E-state index in [4.69, 9.17) is 10.5 Å². The van der Waals surface area contributed by atoms with Crippen molar-refractivity contribution in [2.45, 2.75) is 90.4 Å². The molecule has 0 aromatic heterocycles. The van der Waals surface area contributed by atoms with Gasteiger partial charge in [0.05, 0.1) is 0 Å². The number of nitrogens with two attached hydrogens (primary N) is 1. The third kappa shape index (κ3) is 8.30. The summed E-state index contributed by atoms with van der Waals surface area (Å²) in [5.41, 5.74) is 7.75. The lowest BCUT2D eigenvalue weighted by atomic mass is 9.87. The Bertz CT molecular complexity index is 1200. The van der Waals surface area contributed by atoms with Crippen molar-refractivity contribution in [3.05, 3.63) is 65.2 Å². The van der Waals surface area contributed by atoms with Crippen LogP contribution in [0.5, 0.6) is 0 Å². The van der Waals surface area contributed by atoms with Crippen LogP contribution < -0.4 is 16.4 Å². The van der Waals surface area contributed by atoms with E-state index in [9.17, 15) is 19.2 Å². The second-order valence-corrected chi connectivity index (χ2v) is 11.2. The third-order valence-electron chi connectivity index (χ3n) is 6.68. The summed E-state index contributed by atoms with van der Waals surface area (Å²) >= 11 is 0. The van der Waals surface area contributed by atoms with E-state index in [1.807, 2.05) is 62.4 Å². The molecule has 2 aromatic carbocycles. The molecule has 0 heterocycles. The summed E-state index contributed by atoms with van der Waals surface area (Å²) in [5.74, 6) is -1.42. The topological polar surface area (TPSA) is 131 Å². The Hall–Kier alpha value is -3.88. The maximum Gasteiger partial charge on any atom is 0.408 e. The molecule has 9 heteroatoms. The summed E-state index contributed by atoms with van der Waals surface area (Å²) in [6.07, 6.45) is 1.45. The first-order chi connectivity index (χ1) is 18.4. The number of amides is 4. The van der Waals surface area contributed by atoms with E-state index >= 15 is 0 Å². The van der Waals surface area contributed by atoms with Gasteiger partial charge in [-0.15, -0.1) is 0 Å². The minimum atomic E-state index is -1.11. The number of nitrogens with zero attached hydrogens (tertiary/aromatic N) is 1. The first kappa shape index (κ1) is 29.7. The standard InChI is InChI=1S/C30H40N4O5/c1-19-10-8-12-21(18-19)26(27(36)32-23-15-7-6-11-20(23)2)34(22-13-9-14-22)28(37)24(16-17-25(31)35)33-29(38)39-30(3,4)5/h6-8,10-12,15,18,22,24,26H,9,13-14,16-17H2,1-5H3,(H2,31,35)(H,32,36)(H,33,38). The highest BCUT2D eigenvalue weighted by Crippen LogP contribution is 2.35. The van der Waals surface area contributed by atoms with Crippen LogP contribution in [0, 0.1) is 13.8 Å². The van der Waals surface area contributed by atoms with Crippen LogP contribution in [0.3, 0.4) is 0 Å². The largest absolute Gasteiger partial charge is 0.444 e. The molecule has 1 fully saturated rings. The predicted molar refractivity (Wildman–Crippen MR) is 150 cm³/mol. The molecule has 0 radical (unpaired) electrons. The van der Waals surface area contributed by atoms with Gasteiger partial charge in [0.2, 0.25) is 11.8 Å². The molecule has 0 aliphatic heterocycles. The third-order valence-corrected chi connectivity index (χ3v) is 6.68. The second-order valence-electron chi connectivity index (χ2n) is 11.2. The number of alkyl carbamates (subject to hydrolysis) is 1.